The highest BCUT2D eigenvalue weighted by molar-refractivity contribution is 7.26. The molecular weight excluding hydrogens is 749 g/mol. The Kier molecular flexibility index (Phi) is 7.72. The smallest absolute Gasteiger partial charge is 0.164 e. The lowest BCUT2D eigenvalue weighted by Gasteiger charge is -2.21. The summed E-state index contributed by atoms with van der Waals surface area (Å²) >= 11 is 1.85. The molecule has 4 nitrogen and oxygen atoms in total. The first kappa shape index (κ1) is 34.7. The zero-order chi connectivity index (χ0) is 40.0. The molecule has 12 rings (SSSR count). The topological polar surface area (TPSA) is 51.6 Å². The number of fused-ring (bicyclic) bond motifs is 10. The lowest BCUT2D eigenvalue weighted by atomic mass is 9.82. The first-order chi connectivity index (χ1) is 29.5. The summed E-state index contributed by atoms with van der Waals surface area (Å²) in [6.07, 6.45) is 0. The molecular formula is C55H36N4S. The first-order valence-electron chi connectivity index (χ1n) is 20.4. The molecule has 3 aromatic heterocycles. The fourth-order valence-corrected chi connectivity index (χ4v) is 10.5. The van der Waals surface area contributed by atoms with E-state index in [2.05, 4.69) is 178 Å². The minimum atomic E-state index is -0.0849. The Morgan fingerprint density at radius 1 is 0.367 bits per heavy atom. The van der Waals surface area contributed by atoms with Crippen LogP contribution in [0.3, 0.4) is 0 Å². The van der Waals surface area contributed by atoms with Crippen molar-refractivity contribution in [2.75, 3.05) is 0 Å². The van der Waals surface area contributed by atoms with E-state index in [4.69, 9.17) is 19.9 Å². The summed E-state index contributed by atoms with van der Waals surface area (Å²) in [5.41, 5.74) is 13.0. The van der Waals surface area contributed by atoms with Crippen molar-refractivity contribution in [3.05, 3.63) is 193 Å². The number of hydrogen-bond donors (Lipinski definition) is 0. The van der Waals surface area contributed by atoms with Gasteiger partial charge in [-0.2, -0.15) is 0 Å². The lowest BCUT2D eigenvalue weighted by Crippen LogP contribution is -2.14. The molecule has 5 heteroatoms. The van der Waals surface area contributed by atoms with E-state index in [1.54, 1.807) is 0 Å². The fraction of sp³-hybridized carbons (Fsp3) is 0.0545. The zero-order valence-corrected chi connectivity index (χ0v) is 33.8. The third kappa shape index (κ3) is 5.36. The molecule has 0 atom stereocenters. The molecule has 0 spiro atoms. The van der Waals surface area contributed by atoms with Gasteiger partial charge in [0.15, 0.2) is 17.5 Å². The first-order valence-corrected chi connectivity index (χ1v) is 21.2. The standard InChI is InChI=1S/C55H36N4S/c1-55(2)44-25-11-9-21-39(44)43-32-37(27-29-45(43)55)54-58-52(34-17-7-4-8-18-34)57-53(59-54)36-20-13-19-35(31-36)38-23-14-24-41-48-42(50(56-51(38)41)33-15-5-3-6-16-33)28-30-47-49(48)40-22-10-12-26-46(40)60-47/h3-32H,1-2H3. The highest BCUT2D eigenvalue weighted by Gasteiger charge is 2.35. The molecule has 0 unspecified atom stereocenters. The maximum absolute atomic E-state index is 5.55. The van der Waals surface area contributed by atoms with Crippen molar-refractivity contribution in [1.29, 1.82) is 0 Å². The van der Waals surface area contributed by atoms with Crippen molar-refractivity contribution in [3.63, 3.8) is 0 Å². The largest absolute Gasteiger partial charge is 0.246 e. The van der Waals surface area contributed by atoms with Crippen LogP contribution < -0.4 is 0 Å². The van der Waals surface area contributed by atoms with E-state index in [0.29, 0.717) is 17.5 Å². The molecule has 282 valence electrons. The Morgan fingerprint density at radius 3 is 1.78 bits per heavy atom. The van der Waals surface area contributed by atoms with Crippen molar-refractivity contribution in [2.24, 2.45) is 0 Å². The number of hydrogen-bond acceptors (Lipinski definition) is 5. The van der Waals surface area contributed by atoms with E-state index in [1.165, 1.54) is 47.8 Å². The van der Waals surface area contributed by atoms with Crippen molar-refractivity contribution in [2.45, 2.75) is 19.3 Å². The van der Waals surface area contributed by atoms with E-state index < -0.39 is 0 Å². The van der Waals surface area contributed by atoms with Crippen LogP contribution in [0.1, 0.15) is 25.0 Å². The summed E-state index contributed by atoms with van der Waals surface area (Å²) in [4.78, 5) is 21.0. The van der Waals surface area contributed by atoms with Crippen LogP contribution in [-0.4, -0.2) is 19.9 Å². The predicted molar refractivity (Wildman–Crippen MR) is 250 cm³/mol. The molecule has 1 aliphatic rings. The third-order valence-electron chi connectivity index (χ3n) is 12.3. The van der Waals surface area contributed by atoms with Gasteiger partial charge in [-0.3, -0.25) is 0 Å². The molecule has 0 fully saturated rings. The van der Waals surface area contributed by atoms with Crippen LogP contribution in [0.5, 0.6) is 0 Å². The van der Waals surface area contributed by atoms with E-state index in [1.807, 2.05) is 29.5 Å². The van der Waals surface area contributed by atoms with Crippen LogP contribution in [0.25, 0.3) is 110 Å². The summed E-state index contributed by atoms with van der Waals surface area (Å²) in [5, 5.41) is 6.09. The number of thiophene rings is 1. The Morgan fingerprint density at radius 2 is 0.967 bits per heavy atom. The molecule has 0 N–H and O–H groups in total. The second-order valence-corrected chi connectivity index (χ2v) is 17.3. The maximum Gasteiger partial charge on any atom is 0.164 e. The molecule has 0 bridgehead atoms. The highest BCUT2D eigenvalue weighted by Crippen LogP contribution is 2.50. The van der Waals surface area contributed by atoms with Crippen LogP contribution in [0.2, 0.25) is 0 Å². The molecule has 1 aliphatic carbocycles. The zero-order valence-electron chi connectivity index (χ0n) is 33.0. The number of aromatic nitrogens is 4. The van der Waals surface area contributed by atoms with Crippen LogP contribution in [-0.2, 0) is 5.41 Å². The van der Waals surface area contributed by atoms with Crippen molar-refractivity contribution in [3.8, 4) is 67.7 Å². The van der Waals surface area contributed by atoms with E-state index in [9.17, 15) is 0 Å². The van der Waals surface area contributed by atoms with Gasteiger partial charge in [-0.1, -0.05) is 172 Å². The van der Waals surface area contributed by atoms with Gasteiger partial charge in [0.2, 0.25) is 0 Å². The average Bonchev–Trinajstić information content (AvgIpc) is 3.80. The van der Waals surface area contributed by atoms with Crippen molar-refractivity contribution >= 4 is 53.2 Å². The fourth-order valence-electron chi connectivity index (χ4n) is 9.42. The number of pyridine rings is 1. The van der Waals surface area contributed by atoms with Gasteiger partial charge in [0.1, 0.15) is 0 Å². The van der Waals surface area contributed by atoms with Gasteiger partial charge in [0.05, 0.1) is 11.2 Å². The Balaban J connectivity index is 1.06. The molecule has 3 heterocycles. The third-order valence-corrected chi connectivity index (χ3v) is 13.5. The van der Waals surface area contributed by atoms with Gasteiger partial charge >= 0.3 is 0 Å². The van der Waals surface area contributed by atoms with Crippen LogP contribution in [0.4, 0.5) is 0 Å². The molecule has 0 aliphatic heterocycles. The summed E-state index contributed by atoms with van der Waals surface area (Å²) < 4.78 is 2.56. The van der Waals surface area contributed by atoms with Crippen LogP contribution in [0, 0.1) is 0 Å². The normalized spacial score (nSPS) is 13.0. The second kappa shape index (κ2) is 13.3. The van der Waals surface area contributed by atoms with Crippen molar-refractivity contribution < 1.29 is 0 Å². The molecule has 11 aromatic rings. The van der Waals surface area contributed by atoms with Gasteiger partial charge in [-0.05, 0) is 52.1 Å². The minimum Gasteiger partial charge on any atom is -0.246 e. The number of benzene rings is 8. The maximum atomic E-state index is 5.55. The number of rotatable bonds is 5. The Bertz CT molecular complexity index is 3520. The number of para-hydroxylation sites is 1. The van der Waals surface area contributed by atoms with E-state index >= 15 is 0 Å². The molecule has 0 amide bonds. The van der Waals surface area contributed by atoms with Crippen molar-refractivity contribution in [1.82, 2.24) is 19.9 Å². The average molecular weight is 785 g/mol. The SMILES string of the molecule is CC1(C)c2ccccc2-c2cc(-c3nc(-c4ccccc4)nc(-c4cccc(-c5cccc6c5nc(-c5ccccc5)c5ccc7sc8ccccc8c7c56)c4)n3)ccc21. The summed E-state index contributed by atoms with van der Waals surface area (Å²) in [5.74, 6) is 1.91. The molecule has 0 saturated carbocycles. The Labute approximate surface area is 351 Å². The van der Waals surface area contributed by atoms with Gasteiger partial charge in [0.25, 0.3) is 0 Å². The second-order valence-electron chi connectivity index (χ2n) is 16.2. The summed E-state index contributed by atoms with van der Waals surface area (Å²) in [7, 11) is 0. The van der Waals surface area contributed by atoms with Gasteiger partial charge in [-0.25, -0.2) is 19.9 Å². The van der Waals surface area contributed by atoms with Gasteiger partial charge in [-0.15, -0.1) is 11.3 Å². The molecule has 8 aromatic carbocycles. The predicted octanol–water partition coefficient (Wildman–Crippen LogP) is 14.6. The van der Waals surface area contributed by atoms with Crippen LogP contribution >= 0.6 is 11.3 Å². The summed E-state index contributed by atoms with van der Waals surface area (Å²) in [6, 6.07) is 64.7. The van der Waals surface area contributed by atoms with Gasteiger partial charge in [0, 0.05) is 69.6 Å². The van der Waals surface area contributed by atoms with Crippen LogP contribution in [0.15, 0.2) is 182 Å². The quantitative estimate of drug-likeness (QED) is 0.163. The van der Waals surface area contributed by atoms with E-state index in [0.717, 1.165) is 55.4 Å². The van der Waals surface area contributed by atoms with E-state index in [-0.39, 0.29) is 5.41 Å². The monoisotopic (exact) mass is 784 g/mol. The minimum absolute atomic E-state index is 0.0849. The Hall–Kier alpha value is -7.34. The lowest BCUT2D eigenvalue weighted by molar-refractivity contribution is 0.660. The highest BCUT2D eigenvalue weighted by atomic mass is 32.1. The molecule has 60 heavy (non-hydrogen) atoms. The number of nitrogens with zero attached hydrogens (tertiary/aromatic N) is 4. The molecule has 0 saturated heterocycles. The summed E-state index contributed by atoms with van der Waals surface area (Å²) in [6.45, 7) is 4.61. The molecule has 0 radical (unpaired) electrons. The van der Waals surface area contributed by atoms with Gasteiger partial charge < -0.3 is 0 Å².